The summed E-state index contributed by atoms with van der Waals surface area (Å²) >= 11 is 0. The van der Waals surface area contributed by atoms with Crippen molar-refractivity contribution in [1.29, 1.82) is 0 Å². The van der Waals surface area contributed by atoms with E-state index in [2.05, 4.69) is 24.2 Å². The number of nitrogens with zero attached hydrogens (tertiary/aromatic N) is 1. The number of nitrogens with two attached hydrogens (primary N) is 1. The Labute approximate surface area is 121 Å². The molecule has 4 nitrogen and oxygen atoms in total. The maximum Gasteiger partial charge on any atom is 0.242 e. The van der Waals surface area contributed by atoms with Crippen molar-refractivity contribution < 1.29 is 4.79 Å². The van der Waals surface area contributed by atoms with Gasteiger partial charge >= 0.3 is 0 Å². The Bertz CT molecular complexity index is 435. The number of piperidine rings is 1. The van der Waals surface area contributed by atoms with Crippen molar-refractivity contribution in [2.45, 2.75) is 26.2 Å². The molecule has 3 atom stereocenters. The minimum absolute atomic E-state index is 0.109. The summed E-state index contributed by atoms with van der Waals surface area (Å²) < 4.78 is 0. The second kappa shape index (κ2) is 6.86. The first-order valence-corrected chi connectivity index (χ1v) is 7.39. The molecule has 0 saturated carbocycles. The fraction of sp³-hybridized carbons (Fsp3) is 0.562. The third kappa shape index (κ3) is 3.58. The first-order valence-electron chi connectivity index (χ1n) is 7.39. The first-order chi connectivity index (χ1) is 9.61. The van der Waals surface area contributed by atoms with E-state index in [0.717, 1.165) is 31.1 Å². The number of likely N-dealkylation sites (tertiary alicyclic amines) is 1. The molecular formula is C16H25N3O. The topological polar surface area (TPSA) is 58.4 Å². The molecule has 1 fully saturated rings. The van der Waals surface area contributed by atoms with Crippen LogP contribution in [0.25, 0.3) is 0 Å². The molecule has 1 amide bonds. The highest BCUT2D eigenvalue weighted by molar-refractivity contribution is 5.83. The van der Waals surface area contributed by atoms with Gasteiger partial charge in [0, 0.05) is 13.1 Å². The number of hydrazine groups is 1. The number of rotatable bonds is 4. The predicted octanol–water partition coefficient (Wildman–Crippen LogP) is 1.74. The molecule has 0 radical (unpaired) electrons. The SMILES string of the molecule is CC1CCN(CC(C(=O)NN)c2ccccc2)CC1C. The van der Waals surface area contributed by atoms with Gasteiger partial charge in [-0.3, -0.25) is 10.2 Å². The van der Waals surface area contributed by atoms with Crippen LogP contribution in [0.2, 0.25) is 0 Å². The molecule has 0 aliphatic carbocycles. The lowest BCUT2D eigenvalue weighted by Crippen LogP contribution is -2.44. The summed E-state index contributed by atoms with van der Waals surface area (Å²) in [6.07, 6.45) is 1.20. The van der Waals surface area contributed by atoms with Crippen LogP contribution in [0.15, 0.2) is 30.3 Å². The largest absolute Gasteiger partial charge is 0.302 e. The summed E-state index contributed by atoms with van der Waals surface area (Å²) in [6, 6.07) is 9.89. The van der Waals surface area contributed by atoms with Gasteiger partial charge in [0.15, 0.2) is 0 Å². The molecule has 3 unspecified atom stereocenters. The molecule has 1 aliphatic heterocycles. The van der Waals surface area contributed by atoms with E-state index < -0.39 is 0 Å². The molecule has 2 rings (SSSR count). The zero-order valence-corrected chi connectivity index (χ0v) is 12.4. The van der Waals surface area contributed by atoms with Gasteiger partial charge in [-0.15, -0.1) is 0 Å². The van der Waals surface area contributed by atoms with Crippen molar-refractivity contribution in [3.8, 4) is 0 Å². The smallest absolute Gasteiger partial charge is 0.242 e. The monoisotopic (exact) mass is 275 g/mol. The second-order valence-electron chi connectivity index (χ2n) is 5.97. The lowest BCUT2D eigenvalue weighted by Gasteiger charge is -2.36. The molecule has 0 bridgehead atoms. The van der Waals surface area contributed by atoms with Gasteiger partial charge in [0.1, 0.15) is 0 Å². The highest BCUT2D eigenvalue weighted by Gasteiger charge is 2.27. The normalized spacial score (nSPS) is 25.1. The highest BCUT2D eigenvalue weighted by Crippen LogP contribution is 2.25. The van der Waals surface area contributed by atoms with Crippen LogP contribution in [0.1, 0.15) is 31.7 Å². The maximum absolute atomic E-state index is 12.1. The minimum atomic E-state index is -0.193. The van der Waals surface area contributed by atoms with E-state index in [0.29, 0.717) is 5.92 Å². The molecule has 0 spiro atoms. The Balaban J connectivity index is 2.07. The lowest BCUT2D eigenvalue weighted by molar-refractivity contribution is -0.123. The summed E-state index contributed by atoms with van der Waals surface area (Å²) in [5.74, 6) is 6.49. The third-order valence-electron chi connectivity index (χ3n) is 4.52. The molecule has 3 N–H and O–H groups in total. The molecule has 110 valence electrons. The number of nitrogens with one attached hydrogen (secondary N) is 1. The van der Waals surface area contributed by atoms with E-state index in [4.69, 9.17) is 5.84 Å². The molecular weight excluding hydrogens is 250 g/mol. The average molecular weight is 275 g/mol. The quantitative estimate of drug-likeness (QED) is 0.500. The number of hydrogen-bond donors (Lipinski definition) is 2. The van der Waals surface area contributed by atoms with Gasteiger partial charge in [0.2, 0.25) is 5.91 Å². The van der Waals surface area contributed by atoms with Gasteiger partial charge < -0.3 is 4.90 Å². The van der Waals surface area contributed by atoms with Crippen LogP contribution in [-0.2, 0) is 4.79 Å². The average Bonchev–Trinajstić information content (AvgIpc) is 2.48. The maximum atomic E-state index is 12.1. The van der Waals surface area contributed by atoms with Gasteiger partial charge in [-0.05, 0) is 30.4 Å². The minimum Gasteiger partial charge on any atom is -0.302 e. The van der Waals surface area contributed by atoms with Gasteiger partial charge in [-0.2, -0.15) is 0 Å². The van der Waals surface area contributed by atoms with Gasteiger partial charge in [-0.25, -0.2) is 5.84 Å². The van der Waals surface area contributed by atoms with Crippen molar-refractivity contribution >= 4 is 5.91 Å². The number of carbonyl (C=O) groups excluding carboxylic acids is 1. The summed E-state index contributed by atoms with van der Waals surface area (Å²) in [7, 11) is 0. The van der Waals surface area contributed by atoms with Crippen LogP contribution in [0.3, 0.4) is 0 Å². The van der Waals surface area contributed by atoms with Gasteiger partial charge in [0.05, 0.1) is 5.92 Å². The van der Waals surface area contributed by atoms with Crippen molar-refractivity contribution in [2.24, 2.45) is 17.7 Å². The molecule has 4 heteroatoms. The zero-order valence-electron chi connectivity index (χ0n) is 12.4. The van der Waals surface area contributed by atoms with Crippen molar-refractivity contribution in [3.63, 3.8) is 0 Å². The van der Waals surface area contributed by atoms with Crippen molar-refractivity contribution in [2.75, 3.05) is 19.6 Å². The fourth-order valence-corrected chi connectivity index (χ4v) is 2.90. The van der Waals surface area contributed by atoms with Crippen LogP contribution in [0, 0.1) is 11.8 Å². The van der Waals surface area contributed by atoms with Crippen LogP contribution in [-0.4, -0.2) is 30.4 Å². The van der Waals surface area contributed by atoms with E-state index in [1.54, 1.807) is 0 Å². The van der Waals surface area contributed by atoms with Gasteiger partial charge in [-0.1, -0.05) is 44.2 Å². The summed E-state index contributed by atoms with van der Waals surface area (Å²) in [5.41, 5.74) is 3.34. The zero-order chi connectivity index (χ0) is 14.5. The van der Waals surface area contributed by atoms with Crippen LogP contribution in [0.5, 0.6) is 0 Å². The molecule has 0 aromatic heterocycles. The molecule has 1 saturated heterocycles. The van der Waals surface area contributed by atoms with E-state index in [9.17, 15) is 4.79 Å². The molecule has 1 aromatic rings. The van der Waals surface area contributed by atoms with Crippen LogP contribution < -0.4 is 11.3 Å². The van der Waals surface area contributed by atoms with Crippen molar-refractivity contribution in [1.82, 2.24) is 10.3 Å². The lowest BCUT2D eigenvalue weighted by atomic mass is 9.87. The Hall–Kier alpha value is -1.39. The molecule has 1 heterocycles. The highest BCUT2D eigenvalue weighted by atomic mass is 16.2. The van der Waals surface area contributed by atoms with Crippen LogP contribution >= 0.6 is 0 Å². The van der Waals surface area contributed by atoms with E-state index in [1.165, 1.54) is 6.42 Å². The fourth-order valence-electron chi connectivity index (χ4n) is 2.90. The van der Waals surface area contributed by atoms with E-state index in [-0.39, 0.29) is 11.8 Å². The molecule has 20 heavy (non-hydrogen) atoms. The number of amides is 1. The summed E-state index contributed by atoms with van der Waals surface area (Å²) in [6.45, 7) is 7.46. The predicted molar refractivity (Wildman–Crippen MR) is 80.9 cm³/mol. The Morgan fingerprint density at radius 3 is 2.65 bits per heavy atom. The standard InChI is InChI=1S/C16H25N3O/c1-12-8-9-19(10-13(12)2)11-15(16(20)18-17)14-6-4-3-5-7-14/h3-7,12-13,15H,8-11,17H2,1-2H3,(H,18,20). The van der Waals surface area contributed by atoms with Gasteiger partial charge in [0.25, 0.3) is 0 Å². The third-order valence-corrected chi connectivity index (χ3v) is 4.52. The second-order valence-corrected chi connectivity index (χ2v) is 5.97. The van der Waals surface area contributed by atoms with Crippen LogP contribution in [0.4, 0.5) is 0 Å². The molecule has 1 aromatic carbocycles. The van der Waals surface area contributed by atoms with E-state index in [1.807, 2.05) is 30.3 Å². The Morgan fingerprint density at radius 2 is 2.05 bits per heavy atom. The summed E-state index contributed by atoms with van der Waals surface area (Å²) in [5, 5.41) is 0. The molecule has 1 aliphatic rings. The number of benzene rings is 1. The Kier molecular flexibility index (Phi) is 5.15. The number of carbonyl (C=O) groups is 1. The first kappa shape index (κ1) is 15.0. The van der Waals surface area contributed by atoms with Crippen molar-refractivity contribution in [3.05, 3.63) is 35.9 Å². The number of hydrogen-bond acceptors (Lipinski definition) is 3. The van der Waals surface area contributed by atoms with E-state index >= 15 is 0 Å². The Morgan fingerprint density at radius 1 is 1.35 bits per heavy atom. The summed E-state index contributed by atoms with van der Waals surface area (Å²) in [4.78, 5) is 14.5.